The maximum Gasteiger partial charge on any atom is 0.121 e. The first-order valence-corrected chi connectivity index (χ1v) is 7.09. The predicted molar refractivity (Wildman–Crippen MR) is 86.0 cm³/mol. The molecule has 3 rings (SSSR count). The number of nitrogens with zero attached hydrogens (tertiary/aromatic N) is 3. The van der Waals surface area contributed by atoms with E-state index in [1.807, 2.05) is 24.3 Å². The number of methoxy groups -OCH3 is 1. The summed E-state index contributed by atoms with van der Waals surface area (Å²) in [6, 6.07) is 16.0. The number of nitrogens with two attached hydrogens (primary N) is 1. The number of hydrogen-bond donors (Lipinski definition) is 1. The highest BCUT2D eigenvalue weighted by atomic mass is 16.5. The maximum absolute atomic E-state index is 5.82. The van der Waals surface area contributed by atoms with Gasteiger partial charge in [0.1, 0.15) is 11.4 Å². The zero-order chi connectivity index (χ0) is 15.5. The Morgan fingerprint density at radius 1 is 1.14 bits per heavy atom. The molecule has 2 aromatic carbocycles. The van der Waals surface area contributed by atoms with E-state index in [2.05, 4.69) is 41.5 Å². The molecular weight excluding hydrogens is 276 g/mol. The van der Waals surface area contributed by atoms with Crippen LogP contribution in [0.4, 0.5) is 0 Å². The number of rotatable bonds is 4. The minimum atomic E-state index is 0.340. The largest absolute Gasteiger partial charge is 0.497 e. The fourth-order valence-electron chi connectivity index (χ4n) is 2.37. The second-order valence-corrected chi connectivity index (χ2v) is 5.07. The van der Waals surface area contributed by atoms with Crippen molar-refractivity contribution in [3.8, 4) is 22.7 Å². The Kier molecular flexibility index (Phi) is 3.89. The quantitative estimate of drug-likeness (QED) is 0.803. The fourth-order valence-corrected chi connectivity index (χ4v) is 2.37. The highest BCUT2D eigenvalue weighted by molar-refractivity contribution is 5.65. The van der Waals surface area contributed by atoms with E-state index < -0.39 is 0 Å². The van der Waals surface area contributed by atoms with Crippen LogP contribution in [0.15, 0.2) is 48.5 Å². The maximum atomic E-state index is 5.82. The number of benzene rings is 2. The summed E-state index contributed by atoms with van der Waals surface area (Å²) in [5, 5.41) is 8.48. The third-order valence-corrected chi connectivity index (χ3v) is 3.56. The molecule has 112 valence electrons. The summed E-state index contributed by atoms with van der Waals surface area (Å²) in [7, 11) is 1.65. The zero-order valence-corrected chi connectivity index (χ0v) is 12.7. The Morgan fingerprint density at radius 3 is 2.59 bits per heavy atom. The van der Waals surface area contributed by atoms with Gasteiger partial charge in [-0.25, -0.2) is 4.68 Å². The third-order valence-electron chi connectivity index (χ3n) is 3.56. The van der Waals surface area contributed by atoms with Gasteiger partial charge < -0.3 is 10.5 Å². The number of aromatic nitrogens is 3. The van der Waals surface area contributed by atoms with Crippen LogP contribution in [0.2, 0.25) is 0 Å². The first-order chi connectivity index (χ1) is 10.7. The molecule has 5 heteroatoms. The molecule has 0 spiro atoms. The van der Waals surface area contributed by atoms with Crippen LogP contribution >= 0.6 is 0 Å². The van der Waals surface area contributed by atoms with Gasteiger partial charge in [-0.15, -0.1) is 5.10 Å². The minimum Gasteiger partial charge on any atom is -0.497 e. The Labute approximate surface area is 129 Å². The van der Waals surface area contributed by atoms with E-state index in [0.29, 0.717) is 6.54 Å². The van der Waals surface area contributed by atoms with Crippen LogP contribution in [0.5, 0.6) is 5.75 Å². The molecule has 0 bridgehead atoms. The summed E-state index contributed by atoms with van der Waals surface area (Å²) in [5.41, 5.74) is 10.6. The van der Waals surface area contributed by atoms with Gasteiger partial charge in [0.2, 0.25) is 0 Å². The molecule has 0 aliphatic heterocycles. The Bertz CT molecular complexity index is 778. The van der Waals surface area contributed by atoms with E-state index in [4.69, 9.17) is 10.5 Å². The molecular formula is C17H18N4O. The van der Waals surface area contributed by atoms with Gasteiger partial charge in [-0.2, -0.15) is 0 Å². The van der Waals surface area contributed by atoms with Crippen LogP contribution in [-0.2, 0) is 6.54 Å². The molecule has 0 aliphatic rings. The smallest absolute Gasteiger partial charge is 0.121 e. The van der Waals surface area contributed by atoms with E-state index in [-0.39, 0.29) is 0 Å². The summed E-state index contributed by atoms with van der Waals surface area (Å²) >= 11 is 0. The van der Waals surface area contributed by atoms with Gasteiger partial charge >= 0.3 is 0 Å². The van der Waals surface area contributed by atoms with Crippen LogP contribution < -0.4 is 10.5 Å². The van der Waals surface area contributed by atoms with Crippen LogP contribution in [0.1, 0.15) is 11.3 Å². The van der Waals surface area contributed by atoms with E-state index >= 15 is 0 Å². The van der Waals surface area contributed by atoms with Crippen molar-refractivity contribution in [3.05, 3.63) is 59.8 Å². The summed E-state index contributed by atoms with van der Waals surface area (Å²) in [4.78, 5) is 0. The molecule has 22 heavy (non-hydrogen) atoms. The number of hydrogen-bond acceptors (Lipinski definition) is 4. The standard InChI is InChI=1S/C17H18N4O/c1-12-6-8-13(9-7-12)17-16(11-18)19-20-21(17)14-4-3-5-15(10-14)22-2/h3-10H,11,18H2,1-2H3. The van der Waals surface area contributed by atoms with E-state index in [1.54, 1.807) is 11.8 Å². The molecule has 5 nitrogen and oxygen atoms in total. The summed E-state index contributed by atoms with van der Waals surface area (Å²) < 4.78 is 7.09. The Balaban J connectivity index is 2.16. The lowest BCUT2D eigenvalue weighted by atomic mass is 10.1. The lowest BCUT2D eigenvalue weighted by molar-refractivity contribution is 0.414. The highest BCUT2D eigenvalue weighted by Crippen LogP contribution is 2.26. The van der Waals surface area contributed by atoms with Gasteiger partial charge in [0, 0.05) is 18.2 Å². The van der Waals surface area contributed by atoms with Crippen molar-refractivity contribution in [1.29, 1.82) is 0 Å². The molecule has 0 saturated heterocycles. The van der Waals surface area contributed by atoms with Crippen molar-refractivity contribution >= 4 is 0 Å². The van der Waals surface area contributed by atoms with Crippen LogP contribution in [-0.4, -0.2) is 22.1 Å². The molecule has 0 aliphatic carbocycles. The van der Waals surface area contributed by atoms with Crippen molar-refractivity contribution < 1.29 is 4.74 Å². The van der Waals surface area contributed by atoms with Gasteiger partial charge in [-0.3, -0.25) is 0 Å². The monoisotopic (exact) mass is 294 g/mol. The molecule has 0 amide bonds. The second kappa shape index (κ2) is 5.99. The first kappa shape index (κ1) is 14.3. The normalized spacial score (nSPS) is 10.7. The molecule has 0 fully saturated rings. The number of ether oxygens (including phenoxy) is 1. The SMILES string of the molecule is COc1cccc(-n2nnc(CN)c2-c2ccc(C)cc2)c1. The Hall–Kier alpha value is -2.66. The topological polar surface area (TPSA) is 66.0 Å². The fraction of sp³-hybridized carbons (Fsp3) is 0.176. The van der Waals surface area contributed by atoms with Crippen LogP contribution in [0.3, 0.4) is 0 Å². The van der Waals surface area contributed by atoms with Crippen LogP contribution in [0.25, 0.3) is 16.9 Å². The summed E-state index contributed by atoms with van der Waals surface area (Å²) in [5.74, 6) is 0.775. The van der Waals surface area contributed by atoms with Gasteiger partial charge in [0.05, 0.1) is 18.5 Å². The van der Waals surface area contributed by atoms with Gasteiger partial charge in [-0.05, 0) is 19.1 Å². The average Bonchev–Trinajstić information content (AvgIpc) is 2.99. The lowest BCUT2D eigenvalue weighted by Gasteiger charge is -2.09. The van der Waals surface area contributed by atoms with Crippen molar-refractivity contribution in [2.24, 2.45) is 5.73 Å². The molecule has 0 unspecified atom stereocenters. The first-order valence-electron chi connectivity index (χ1n) is 7.09. The van der Waals surface area contributed by atoms with Crippen molar-refractivity contribution in [1.82, 2.24) is 15.0 Å². The molecule has 1 heterocycles. The molecule has 0 atom stereocenters. The van der Waals surface area contributed by atoms with E-state index in [1.165, 1.54) is 5.56 Å². The summed E-state index contributed by atoms with van der Waals surface area (Å²) in [6.07, 6.45) is 0. The lowest BCUT2D eigenvalue weighted by Crippen LogP contribution is -2.03. The second-order valence-electron chi connectivity index (χ2n) is 5.07. The van der Waals surface area contributed by atoms with Crippen molar-refractivity contribution in [2.75, 3.05) is 7.11 Å². The van der Waals surface area contributed by atoms with Crippen molar-refractivity contribution in [3.63, 3.8) is 0 Å². The van der Waals surface area contributed by atoms with Crippen molar-refractivity contribution in [2.45, 2.75) is 13.5 Å². The highest BCUT2D eigenvalue weighted by Gasteiger charge is 2.15. The molecule has 0 saturated carbocycles. The van der Waals surface area contributed by atoms with Crippen LogP contribution in [0, 0.1) is 6.92 Å². The van der Waals surface area contributed by atoms with Gasteiger partial charge in [-0.1, -0.05) is 41.1 Å². The van der Waals surface area contributed by atoms with Gasteiger partial charge in [0.15, 0.2) is 0 Å². The predicted octanol–water partition coefficient (Wildman–Crippen LogP) is 2.71. The zero-order valence-electron chi connectivity index (χ0n) is 12.7. The summed E-state index contributed by atoms with van der Waals surface area (Å²) in [6.45, 7) is 2.40. The molecule has 3 aromatic rings. The van der Waals surface area contributed by atoms with E-state index in [0.717, 1.165) is 28.4 Å². The van der Waals surface area contributed by atoms with E-state index in [9.17, 15) is 0 Å². The van der Waals surface area contributed by atoms with Gasteiger partial charge in [0.25, 0.3) is 0 Å². The third kappa shape index (κ3) is 2.58. The number of aryl methyl sites for hydroxylation is 1. The molecule has 1 aromatic heterocycles. The molecule has 2 N–H and O–H groups in total. The molecule has 0 radical (unpaired) electrons. The minimum absolute atomic E-state index is 0.340. The average molecular weight is 294 g/mol. The Morgan fingerprint density at radius 2 is 1.91 bits per heavy atom.